The van der Waals surface area contributed by atoms with Gasteiger partial charge < -0.3 is 5.32 Å². The maximum Gasteiger partial charge on any atom is 0.0376 e. The summed E-state index contributed by atoms with van der Waals surface area (Å²) in [6.07, 6.45) is 5.44. The van der Waals surface area contributed by atoms with E-state index in [4.69, 9.17) is 0 Å². The predicted octanol–water partition coefficient (Wildman–Crippen LogP) is 2.92. The second kappa shape index (κ2) is 2.76. The van der Waals surface area contributed by atoms with E-state index in [-0.39, 0.29) is 0 Å². The summed E-state index contributed by atoms with van der Waals surface area (Å²) in [5, 5.41) is 3.44. The van der Waals surface area contributed by atoms with E-state index in [9.17, 15) is 0 Å². The van der Waals surface area contributed by atoms with Crippen molar-refractivity contribution in [1.82, 2.24) is 0 Å². The van der Waals surface area contributed by atoms with E-state index >= 15 is 0 Å². The SMILES string of the molecule is c1cc2c(cc1C1CCC1)NCC2. The predicted molar refractivity (Wildman–Crippen MR) is 55.2 cm³/mol. The standard InChI is InChI=1S/C12H15N/c1-2-9(3-1)11-5-4-10-6-7-13-12(10)8-11/h4-5,8-9,13H,1-3,6-7H2. The van der Waals surface area contributed by atoms with Crippen molar-refractivity contribution in [2.24, 2.45) is 0 Å². The summed E-state index contributed by atoms with van der Waals surface area (Å²) < 4.78 is 0. The molecule has 2 aliphatic rings. The van der Waals surface area contributed by atoms with Crippen molar-refractivity contribution in [3.63, 3.8) is 0 Å². The van der Waals surface area contributed by atoms with Crippen LogP contribution in [0.4, 0.5) is 5.69 Å². The molecule has 1 fully saturated rings. The average Bonchev–Trinajstić information content (AvgIpc) is 2.47. The number of rotatable bonds is 1. The lowest BCUT2D eigenvalue weighted by atomic mass is 9.80. The molecule has 1 nitrogen and oxygen atoms in total. The molecule has 68 valence electrons. The molecule has 0 unspecified atom stereocenters. The van der Waals surface area contributed by atoms with E-state index in [2.05, 4.69) is 23.5 Å². The van der Waals surface area contributed by atoms with Crippen molar-refractivity contribution in [3.8, 4) is 0 Å². The topological polar surface area (TPSA) is 12.0 Å². The maximum absolute atomic E-state index is 3.44. The van der Waals surface area contributed by atoms with Crippen molar-refractivity contribution in [3.05, 3.63) is 29.3 Å². The van der Waals surface area contributed by atoms with Crippen LogP contribution in [0.25, 0.3) is 0 Å². The zero-order chi connectivity index (χ0) is 8.67. The molecule has 13 heavy (non-hydrogen) atoms. The normalized spacial score (nSPS) is 20.6. The van der Waals surface area contributed by atoms with Crippen molar-refractivity contribution in [1.29, 1.82) is 0 Å². The Labute approximate surface area is 79.2 Å². The highest BCUT2D eigenvalue weighted by Crippen LogP contribution is 2.38. The molecule has 0 radical (unpaired) electrons. The molecule has 0 aromatic heterocycles. The zero-order valence-electron chi connectivity index (χ0n) is 7.84. The van der Waals surface area contributed by atoms with Crippen molar-refractivity contribution in [2.45, 2.75) is 31.6 Å². The molecule has 1 N–H and O–H groups in total. The first-order valence-corrected chi connectivity index (χ1v) is 5.30. The summed E-state index contributed by atoms with van der Waals surface area (Å²) in [5.74, 6) is 0.868. The smallest absolute Gasteiger partial charge is 0.0376 e. The third-order valence-corrected chi connectivity index (χ3v) is 3.42. The minimum atomic E-state index is 0.868. The minimum absolute atomic E-state index is 0.868. The molecule has 3 rings (SSSR count). The monoisotopic (exact) mass is 173 g/mol. The molecule has 0 bridgehead atoms. The van der Waals surface area contributed by atoms with Gasteiger partial charge in [0.2, 0.25) is 0 Å². The van der Waals surface area contributed by atoms with Gasteiger partial charge in [-0.05, 0) is 42.4 Å². The van der Waals surface area contributed by atoms with E-state index in [1.165, 1.54) is 36.9 Å². The summed E-state index contributed by atoms with van der Waals surface area (Å²) in [5.41, 5.74) is 4.45. The molecular weight excluding hydrogens is 158 g/mol. The van der Waals surface area contributed by atoms with Gasteiger partial charge in [-0.25, -0.2) is 0 Å². The van der Waals surface area contributed by atoms with E-state index in [0.717, 1.165) is 12.5 Å². The van der Waals surface area contributed by atoms with Gasteiger partial charge in [0.15, 0.2) is 0 Å². The summed E-state index contributed by atoms with van der Waals surface area (Å²) in [4.78, 5) is 0. The Hall–Kier alpha value is -0.980. The second-order valence-corrected chi connectivity index (χ2v) is 4.22. The fraction of sp³-hybridized carbons (Fsp3) is 0.500. The van der Waals surface area contributed by atoms with Crippen LogP contribution in [0.15, 0.2) is 18.2 Å². The van der Waals surface area contributed by atoms with Gasteiger partial charge in [0, 0.05) is 12.2 Å². The van der Waals surface area contributed by atoms with Gasteiger partial charge in [0.05, 0.1) is 0 Å². The lowest BCUT2D eigenvalue weighted by Gasteiger charge is -2.26. The van der Waals surface area contributed by atoms with Crippen LogP contribution in [0.5, 0.6) is 0 Å². The van der Waals surface area contributed by atoms with Crippen LogP contribution < -0.4 is 5.32 Å². The van der Waals surface area contributed by atoms with E-state index < -0.39 is 0 Å². The van der Waals surface area contributed by atoms with Crippen LogP contribution in [0.2, 0.25) is 0 Å². The van der Waals surface area contributed by atoms with Gasteiger partial charge in [0.1, 0.15) is 0 Å². The molecule has 0 amide bonds. The Morgan fingerprint density at radius 1 is 1.23 bits per heavy atom. The van der Waals surface area contributed by atoms with E-state index in [1.54, 1.807) is 5.56 Å². The van der Waals surface area contributed by atoms with E-state index in [1.807, 2.05) is 0 Å². The molecule has 1 aromatic rings. The third kappa shape index (κ3) is 1.14. The van der Waals surface area contributed by atoms with Crippen LogP contribution in [0.1, 0.15) is 36.3 Å². The van der Waals surface area contributed by atoms with Crippen LogP contribution in [0.3, 0.4) is 0 Å². The van der Waals surface area contributed by atoms with Crippen LogP contribution >= 0.6 is 0 Å². The zero-order valence-corrected chi connectivity index (χ0v) is 7.84. The summed E-state index contributed by atoms with van der Waals surface area (Å²) in [7, 11) is 0. The second-order valence-electron chi connectivity index (χ2n) is 4.22. The van der Waals surface area contributed by atoms with Gasteiger partial charge in [-0.2, -0.15) is 0 Å². The van der Waals surface area contributed by atoms with Crippen LogP contribution in [-0.2, 0) is 6.42 Å². The minimum Gasteiger partial charge on any atom is -0.384 e. The lowest BCUT2D eigenvalue weighted by Crippen LogP contribution is -2.08. The van der Waals surface area contributed by atoms with Crippen molar-refractivity contribution < 1.29 is 0 Å². The molecule has 0 spiro atoms. The summed E-state index contributed by atoms with van der Waals surface area (Å²) in [6.45, 7) is 1.13. The Bertz CT molecular complexity index is 326. The van der Waals surface area contributed by atoms with Crippen molar-refractivity contribution >= 4 is 5.69 Å². The average molecular weight is 173 g/mol. The van der Waals surface area contributed by atoms with Gasteiger partial charge in [0.25, 0.3) is 0 Å². The number of nitrogens with one attached hydrogen (secondary N) is 1. The van der Waals surface area contributed by atoms with Crippen LogP contribution in [0, 0.1) is 0 Å². The highest BCUT2D eigenvalue weighted by Gasteiger charge is 2.20. The number of benzene rings is 1. The fourth-order valence-electron chi connectivity index (χ4n) is 2.30. The van der Waals surface area contributed by atoms with Gasteiger partial charge >= 0.3 is 0 Å². The first kappa shape index (κ1) is 7.43. The number of hydrogen-bond acceptors (Lipinski definition) is 1. The molecule has 1 heteroatoms. The molecule has 0 atom stereocenters. The molecule has 1 saturated carbocycles. The van der Waals surface area contributed by atoms with Gasteiger partial charge in [-0.3, -0.25) is 0 Å². The summed E-state index contributed by atoms with van der Waals surface area (Å²) in [6, 6.07) is 7.00. The highest BCUT2D eigenvalue weighted by atomic mass is 14.9. The van der Waals surface area contributed by atoms with E-state index in [0.29, 0.717) is 0 Å². The Morgan fingerprint density at radius 2 is 2.15 bits per heavy atom. The highest BCUT2D eigenvalue weighted by molar-refractivity contribution is 5.57. The molecule has 1 aliphatic carbocycles. The number of fused-ring (bicyclic) bond motifs is 1. The first-order chi connectivity index (χ1) is 6.43. The lowest BCUT2D eigenvalue weighted by molar-refractivity contribution is 0.420. The number of anilines is 1. The van der Waals surface area contributed by atoms with Gasteiger partial charge in [-0.1, -0.05) is 18.6 Å². The molecule has 0 saturated heterocycles. The maximum atomic E-state index is 3.44. The molecule has 1 aliphatic heterocycles. The third-order valence-electron chi connectivity index (χ3n) is 3.42. The quantitative estimate of drug-likeness (QED) is 0.688. The van der Waals surface area contributed by atoms with Gasteiger partial charge in [-0.15, -0.1) is 0 Å². The molecular formula is C12H15N. The van der Waals surface area contributed by atoms with Crippen molar-refractivity contribution in [2.75, 3.05) is 11.9 Å². The Balaban J connectivity index is 1.95. The number of hydrogen-bond donors (Lipinski definition) is 1. The Kier molecular flexibility index (Phi) is 1.58. The first-order valence-electron chi connectivity index (χ1n) is 5.30. The summed E-state index contributed by atoms with van der Waals surface area (Å²) >= 11 is 0. The fourth-order valence-corrected chi connectivity index (χ4v) is 2.30. The van der Waals surface area contributed by atoms with Crippen LogP contribution in [-0.4, -0.2) is 6.54 Å². The largest absolute Gasteiger partial charge is 0.384 e. The molecule has 1 heterocycles. The Morgan fingerprint density at radius 3 is 2.92 bits per heavy atom. The molecule has 1 aromatic carbocycles.